The molecule has 0 aliphatic heterocycles. The third kappa shape index (κ3) is 5.89. The van der Waals surface area contributed by atoms with Gasteiger partial charge >= 0.3 is 0 Å². The van der Waals surface area contributed by atoms with Crippen molar-refractivity contribution in [2.24, 2.45) is 0 Å². The van der Waals surface area contributed by atoms with Crippen molar-refractivity contribution in [3.8, 4) is 5.69 Å². The van der Waals surface area contributed by atoms with Crippen molar-refractivity contribution >= 4 is 27.2 Å². The van der Waals surface area contributed by atoms with Gasteiger partial charge in [0.15, 0.2) is 9.84 Å². The third-order valence-corrected chi connectivity index (χ3v) is 6.94. The Morgan fingerprint density at radius 2 is 1.85 bits per heavy atom. The van der Waals surface area contributed by atoms with E-state index >= 15 is 0 Å². The van der Waals surface area contributed by atoms with E-state index in [1.165, 1.54) is 12.1 Å². The lowest BCUT2D eigenvalue weighted by Gasteiger charge is -2.14. The number of carbonyl (C=O) groups is 1. The van der Waals surface area contributed by atoms with Gasteiger partial charge in [0.05, 0.1) is 11.4 Å². The van der Waals surface area contributed by atoms with Crippen molar-refractivity contribution in [2.45, 2.75) is 56.8 Å². The maximum absolute atomic E-state index is 14.3. The molecule has 0 N–H and O–H groups in total. The molecule has 0 saturated carbocycles. The molecule has 0 bridgehead atoms. The molecule has 176 valence electrons. The number of hydrogen-bond acceptors (Lipinski definition) is 4. The molecule has 2 aromatic carbocycles. The van der Waals surface area contributed by atoms with Crippen molar-refractivity contribution in [3.63, 3.8) is 0 Å². The van der Waals surface area contributed by atoms with Crippen molar-refractivity contribution in [1.82, 2.24) is 9.78 Å². The number of Topliss-reactive ketones (excluding diaryl/α,β-unsaturated/α-hetero) is 1. The SMILES string of the molecule is CC(C(=O)CCc1cc(C(C)(C)C)nn1-c1cccc(Cl)c1)c1ccc(S(C)(=O)=O)c(F)c1. The zero-order chi connectivity index (χ0) is 24.6. The summed E-state index contributed by atoms with van der Waals surface area (Å²) in [6.45, 7) is 7.92. The van der Waals surface area contributed by atoms with Crippen LogP contribution in [0, 0.1) is 5.82 Å². The monoisotopic (exact) mass is 490 g/mol. The van der Waals surface area contributed by atoms with Crippen LogP contribution < -0.4 is 0 Å². The third-order valence-electron chi connectivity index (χ3n) is 5.57. The minimum Gasteiger partial charge on any atom is -0.299 e. The van der Waals surface area contributed by atoms with Crippen LogP contribution in [0.5, 0.6) is 0 Å². The van der Waals surface area contributed by atoms with E-state index in [9.17, 15) is 17.6 Å². The van der Waals surface area contributed by atoms with Gasteiger partial charge in [0, 0.05) is 34.7 Å². The molecule has 1 unspecified atom stereocenters. The van der Waals surface area contributed by atoms with E-state index in [4.69, 9.17) is 16.7 Å². The molecule has 0 aliphatic carbocycles. The fourth-order valence-corrected chi connectivity index (χ4v) is 4.45. The Morgan fingerprint density at radius 1 is 1.15 bits per heavy atom. The van der Waals surface area contributed by atoms with Gasteiger partial charge in [0.2, 0.25) is 0 Å². The van der Waals surface area contributed by atoms with Crippen LogP contribution in [0.3, 0.4) is 0 Å². The summed E-state index contributed by atoms with van der Waals surface area (Å²) >= 11 is 6.17. The van der Waals surface area contributed by atoms with Crippen LogP contribution in [0.25, 0.3) is 5.69 Å². The molecule has 33 heavy (non-hydrogen) atoms. The number of aromatic nitrogens is 2. The first-order valence-corrected chi connectivity index (χ1v) is 12.9. The van der Waals surface area contributed by atoms with Crippen molar-refractivity contribution in [1.29, 1.82) is 0 Å². The molecule has 0 spiro atoms. The highest BCUT2D eigenvalue weighted by Gasteiger charge is 2.23. The normalized spacial score (nSPS) is 13.2. The highest BCUT2D eigenvalue weighted by molar-refractivity contribution is 7.90. The number of halogens is 2. The molecule has 1 aromatic heterocycles. The number of rotatable bonds is 7. The fourth-order valence-electron chi connectivity index (χ4n) is 3.54. The molecule has 0 amide bonds. The zero-order valence-electron chi connectivity index (χ0n) is 19.4. The summed E-state index contributed by atoms with van der Waals surface area (Å²) in [4.78, 5) is 12.6. The van der Waals surface area contributed by atoms with Crippen LogP contribution in [0.4, 0.5) is 4.39 Å². The Bertz CT molecular complexity index is 1290. The number of carbonyl (C=O) groups excluding carboxylic acids is 1. The van der Waals surface area contributed by atoms with E-state index in [0.29, 0.717) is 17.0 Å². The standard InChI is InChI=1S/C25H28ClFN2O3S/c1-16(17-9-12-23(21(27)13-17)33(5,31)32)22(30)11-10-20-15-24(25(2,3)4)28-29(20)19-8-6-7-18(26)14-19/h6-9,12-16H,10-11H2,1-5H3. The van der Waals surface area contributed by atoms with Gasteiger partial charge in [-0.15, -0.1) is 0 Å². The van der Waals surface area contributed by atoms with Gasteiger partial charge in [-0.25, -0.2) is 17.5 Å². The number of sulfone groups is 1. The predicted molar refractivity (Wildman–Crippen MR) is 129 cm³/mol. The minimum atomic E-state index is -3.67. The van der Waals surface area contributed by atoms with Crippen LogP contribution in [0.2, 0.25) is 5.02 Å². The quantitative estimate of drug-likeness (QED) is 0.427. The fraction of sp³-hybridized carbons (Fsp3) is 0.360. The van der Waals surface area contributed by atoms with E-state index < -0.39 is 21.6 Å². The van der Waals surface area contributed by atoms with E-state index in [1.807, 2.05) is 28.9 Å². The second kappa shape index (κ2) is 9.39. The maximum Gasteiger partial charge on any atom is 0.178 e. The van der Waals surface area contributed by atoms with Crippen LogP contribution in [0.1, 0.15) is 57.0 Å². The summed E-state index contributed by atoms with van der Waals surface area (Å²) in [6, 6.07) is 13.2. The molecular weight excluding hydrogens is 463 g/mol. The first-order chi connectivity index (χ1) is 15.3. The lowest BCUT2D eigenvalue weighted by atomic mass is 9.91. The van der Waals surface area contributed by atoms with Gasteiger partial charge in [-0.2, -0.15) is 5.10 Å². The molecule has 0 radical (unpaired) electrons. The van der Waals surface area contributed by atoms with Crippen LogP contribution in [-0.2, 0) is 26.5 Å². The average Bonchev–Trinajstić information content (AvgIpc) is 3.15. The van der Waals surface area contributed by atoms with Crippen LogP contribution in [-0.4, -0.2) is 30.2 Å². The predicted octanol–water partition coefficient (Wildman–Crippen LogP) is 5.67. The number of aryl methyl sites for hydroxylation is 1. The molecule has 0 fully saturated rings. The Morgan fingerprint density at radius 3 is 2.42 bits per heavy atom. The van der Waals surface area contributed by atoms with Gasteiger partial charge in [0.25, 0.3) is 0 Å². The zero-order valence-corrected chi connectivity index (χ0v) is 21.0. The molecule has 5 nitrogen and oxygen atoms in total. The van der Waals surface area contributed by atoms with Crippen molar-refractivity contribution in [2.75, 3.05) is 6.26 Å². The number of ketones is 1. The Hall–Kier alpha value is -2.51. The Labute approximate surface area is 199 Å². The van der Waals surface area contributed by atoms with Crippen LogP contribution >= 0.6 is 11.6 Å². The van der Waals surface area contributed by atoms with Crippen molar-refractivity contribution in [3.05, 3.63) is 76.3 Å². The van der Waals surface area contributed by atoms with Crippen molar-refractivity contribution < 1.29 is 17.6 Å². The lowest BCUT2D eigenvalue weighted by Crippen LogP contribution is -2.13. The Balaban J connectivity index is 1.83. The minimum absolute atomic E-state index is 0.0716. The lowest BCUT2D eigenvalue weighted by molar-refractivity contribution is -0.120. The second-order valence-electron chi connectivity index (χ2n) is 9.31. The summed E-state index contributed by atoms with van der Waals surface area (Å²) < 4.78 is 39.4. The summed E-state index contributed by atoms with van der Waals surface area (Å²) in [5.41, 5.74) is 2.86. The molecule has 1 atom stereocenters. The number of hydrogen-bond donors (Lipinski definition) is 0. The number of nitrogens with zero attached hydrogens (tertiary/aromatic N) is 2. The molecule has 0 saturated heterocycles. The average molecular weight is 491 g/mol. The summed E-state index contributed by atoms with van der Waals surface area (Å²) in [5.74, 6) is -1.49. The highest BCUT2D eigenvalue weighted by Crippen LogP contribution is 2.27. The van der Waals surface area contributed by atoms with E-state index in [-0.39, 0.29) is 22.5 Å². The van der Waals surface area contributed by atoms with Gasteiger partial charge in [0.1, 0.15) is 16.5 Å². The molecular formula is C25H28ClFN2O3S. The van der Waals surface area contributed by atoms with Gasteiger partial charge in [-0.05, 0) is 48.4 Å². The smallest absolute Gasteiger partial charge is 0.178 e. The Kier molecular flexibility index (Phi) is 7.15. The topological polar surface area (TPSA) is 69.0 Å². The first kappa shape index (κ1) is 25.1. The molecule has 3 rings (SSSR count). The molecule has 0 aliphatic rings. The molecule has 1 heterocycles. The molecule has 8 heteroatoms. The van der Waals surface area contributed by atoms with E-state index in [1.54, 1.807) is 13.0 Å². The van der Waals surface area contributed by atoms with Gasteiger partial charge in [-0.3, -0.25) is 4.79 Å². The summed E-state index contributed by atoms with van der Waals surface area (Å²) in [5, 5.41) is 5.35. The van der Waals surface area contributed by atoms with Crippen LogP contribution in [0.15, 0.2) is 53.4 Å². The maximum atomic E-state index is 14.3. The number of benzene rings is 2. The van der Waals surface area contributed by atoms with Gasteiger partial charge < -0.3 is 0 Å². The van der Waals surface area contributed by atoms with E-state index in [0.717, 1.165) is 29.4 Å². The largest absolute Gasteiger partial charge is 0.299 e. The summed E-state index contributed by atoms with van der Waals surface area (Å²) in [6.07, 6.45) is 1.63. The summed E-state index contributed by atoms with van der Waals surface area (Å²) in [7, 11) is -3.67. The van der Waals surface area contributed by atoms with Gasteiger partial charge in [-0.1, -0.05) is 51.4 Å². The molecule has 3 aromatic rings. The van der Waals surface area contributed by atoms with E-state index in [2.05, 4.69) is 20.8 Å². The first-order valence-electron chi connectivity index (χ1n) is 10.6. The second-order valence-corrected chi connectivity index (χ2v) is 11.7. The highest BCUT2D eigenvalue weighted by atomic mass is 35.5.